The van der Waals surface area contributed by atoms with Crippen LogP contribution in [0.4, 0.5) is 5.69 Å². The second-order valence-electron chi connectivity index (χ2n) is 5.47. The fourth-order valence-corrected chi connectivity index (χ4v) is 3.38. The van der Waals surface area contributed by atoms with E-state index in [1.54, 1.807) is 36.4 Å². The molecule has 138 valence electrons. The van der Waals surface area contributed by atoms with E-state index in [-0.39, 0.29) is 18.2 Å². The van der Waals surface area contributed by atoms with Crippen molar-refractivity contribution in [2.45, 2.75) is 6.61 Å². The number of nitro groups is 1. The summed E-state index contributed by atoms with van der Waals surface area (Å²) >= 11 is 6.18. The third-order valence-corrected chi connectivity index (χ3v) is 4.83. The van der Waals surface area contributed by atoms with Crippen LogP contribution in [0.2, 0.25) is 0 Å². The first-order chi connectivity index (χ1) is 13.0. The SMILES string of the molecule is COc1cc(C=C2SC(=S)NC2=O)ccc1OCc1ccc([N+](=O)[O-])cc1. The molecule has 0 bridgehead atoms. The van der Waals surface area contributed by atoms with E-state index in [1.807, 2.05) is 0 Å². The molecule has 1 saturated heterocycles. The van der Waals surface area contributed by atoms with Crippen LogP contribution in [0.3, 0.4) is 0 Å². The predicted molar refractivity (Wildman–Crippen MR) is 107 cm³/mol. The molecule has 1 amide bonds. The number of nitrogens with zero attached hydrogens (tertiary/aromatic N) is 1. The average molecular weight is 402 g/mol. The molecule has 2 aromatic carbocycles. The Kier molecular flexibility index (Phi) is 5.72. The second-order valence-corrected chi connectivity index (χ2v) is 7.19. The molecular formula is C18H14N2O5S2. The lowest BCUT2D eigenvalue weighted by atomic mass is 10.2. The molecule has 1 aliphatic heterocycles. The van der Waals surface area contributed by atoms with Crippen molar-refractivity contribution in [3.8, 4) is 11.5 Å². The highest BCUT2D eigenvalue weighted by molar-refractivity contribution is 8.26. The number of hydrogen-bond acceptors (Lipinski definition) is 7. The maximum Gasteiger partial charge on any atom is 0.269 e. The maximum absolute atomic E-state index is 11.8. The number of carbonyl (C=O) groups excluding carboxylic acids is 1. The third-order valence-electron chi connectivity index (χ3n) is 3.67. The van der Waals surface area contributed by atoms with E-state index in [4.69, 9.17) is 21.7 Å². The van der Waals surface area contributed by atoms with E-state index in [2.05, 4.69) is 5.32 Å². The quantitative estimate of drug-likeness (QED) is 0.341. The second kappa shape index (κ2) is 8.19. The minimum atomic E-state index is -0.448. The van der Waals surface area contributed by atoms with Crippen LogP contribution in [-0.4, -0.2) is 22.3 Å². The van der Waals surface area contributed by atoms with Gasteiger partial charge in [-0.1, -0.05) is 30.0 Å². The summed E-state index contributed by atoms with van der Waals surface area (Å²) in [5.74, 6) is 0.816. The molecule has 27 heavy (non-hydrogen) atoms. The number of thiocarbonyl (C=S) groups is 1. The number of rotatable bonds is 6. The van der Waals surface area contributed by atoms with Gasteiger partial charge in [-0.2, -0.15) is 0 Å². The standard InChI is InChI=1S/C18H14N2O5S2/c1-24-15-8-12(9-16-17(21)19-18(26)27-16)4-7-14(15)25-10-11-2-5-13(6-3-11)20(22)23/h2-9H,10H2,1H3,(H,19,21,26). The highest BCUT2D eigenvalue weighted by Gasteiger charge is 2.22. The first-order valence-electron chi connectivity index (χ1n) is 7.75. The Morgan fingerprint density at radius 3 is 2.56 bits per heavy atom. The predicted octanol–water partition coefficient (Wildman–Crippen LogP) is 3.67. The van der Waals surface area contributed by atoms with E-state index in [0.717, 1.165) is 11.1 Å². The van der Waals surface area contributed by atoms with Gasteiger partial charge in [0, 0.05) is 12.1 Å². The molecule has 0 unspecified atom stereocenters. The zero-order valence-corrected chi connectivity index (χ0v) is 15.8. The van der Waals surface area contributed by atoms with Crippen LogP contribution in [0.15, 0.2) is 47.4 Å². The summed E-state index contributed by atoms with van der Waals surface area (Å²) in [6.07, 6.45) is 1.72. The molecule has 2 aromatic rings. The van der Waals surface area contributed by atoms with E-state index < -0.39 is 4.92 Å². The van der Waals surface area contributed by atoms with Crippen molar-refractivity contribution in [1.82, 2.24) is 5.32 Å². The number of nitrogens with one attached hydrogen (secondary N) is 1. The third kappa shape index (κ3) is 4.63. The average Bonchev–Trinajstić information content (AvgIpc) is 2.97. The molecule has 0 aromatic heterocycles. The number of nitro benzene ring substituents is 1. The highest BCUT2D eigenvalue weighted by atomic mass is 32.2. The van der Waals surface area contributed by atoms with Gasteiger partial charge < -0.3 is 14.8 Å². The van der Waals surface area contributed by atoms with E-state index in [0.29, 0.717) is 20.7 Å². The fraction of sp³-hybridized carbons (Fsp3) is 0.111. The van der Waals surface area contributed by atoms with Gasteiger partial charge in [0.05, 0.1) is 16.9 Å². The van der Waals surface area contributed by atoms with Crippen molar-refractivity contribution in [3.05, 3.63) is 68.6 Å². The van der Waals surface area contributed by atoms with Crippen molar-refractivity contribution in [2.24, 2.45) is 0 Å². The van der Waals surface area contributed by atoms with Gasteiger partial charge in [0.25, 0.3) is 11.6 Å². The van der Waals surface area contributed by atoms with Crippen LogP contribution < -0.4 is 14.8 Å². The van der Waals surface area contributed by atoms with Gasteiger partial charge in [-0.3, -0.25) is 14.9 Å². The Balaban J connectivity index is 1.73. The molecule has 0 spiro atoms. The summed E-state index contributed by atoms with van der Waals surface area (Å²) in [6.45, 7) is 0.237. The van der Waals surface area contributed by atoms with E-state index >= 15 is 0 Å². The molecule has 0 aliphatic carbocycles. The lowest BCUT2D eigenvalue weighted by Crippen LogP contribution is -2.17. The van der Waals surface area contributed by atoms with Crippen LogP contribution >= 0.6 is 24.0 Å². The Labute approximate surface area is 164 Å². The molecule has 1 fully saturated rings. The lowest BCUT2D eigenvalue weighted by Gasteiger charge is -2.11. The van der Waals surface area contributed by atoms with Gasteiger partial charge in [0.1, 0.15) is 10.9 Å². The fourth-order valence-electron chi connectivity index (χ4n) is 2.34. The van der Waals surface area contributed by atoms with E-state index in [1.165, 1.54) is 31.0 Å². The minimum absolute atomic E-state index is 0.0296. The van der Waals surface area contributed by atoms with Crippen LogP contribution in [0.1, 0.15) is 11.1 Å². The van der Waals surface area contributed by atoms with Crippen LogP contribution in [0.25, 0.3) is 6.08 Å². The first-order valence-corrected chi connectivity index (χ1v) is 8.98. The Morgan fingerprint density at radius 1 is 1.22 bits per heavy atom. The molecular weight excluding hydrogens is 388 g/mol. The largest absolute Gasteiger partial charge is 0.493 e. The van der Waals surface area contributed by atoms with Crippen LogP contribution in [-0.2, 0) is 11.4 Å². The Hall–Kier alpha value is -2.91. The van der Waals surface area contributed by atoms with Gasteiger partial charge in [0.15, 0.2) is 11.5 Å². The minimum Gasteiger partial charge on any atom is -0.493 e. The van der Waals surface area contributed by atoms with Crippen molar-refractivity contribution < 1.29 is 19.2 Å². The zero-order valence-electron chi connectivity index (χ0n) is 14.1. The topological polar surface area (TPSA) is 90.7 Å². The molecule has 3 rings (SSSR count). The Bertz CT molecular complexity index is 941. The number of ether oxygens (including phenoxy) is 2. The molecule has 1 N–H and O–H groups in total. The normalized spacial score (nSPS) is 14.9. The summed E-state index contributed by atoms with van der Waals surface area (Å²) < 4.78 is 11.5. The summed E-state index contributed by atoms with van der Waals surface area (Å²) in [5.41, 5.74) is 1.60. The first kappa shape index (κ1) is 18.9. The summed E-state index contributed by atoms with van der Waals surface area (Å²) in [4.78, 5) is 22.5. The molecule has 0 saturated carbocycles. The smallest absolute Gasteiger partial charge is 0.269 e. The number of methoxy groups -OCH3 is 1. The molecule has 0 radical (unpaired) electrons. The number of non-ortho nitro benzene ring substituents is 1. The number of thioether (sulfide) groups is 1. The number of benzene rings is 2. The van der Waals surface area contributed by atoms with E-state index in [9.17, 15) is 14.9 Å². The molecule has 1 heterocycles. The van der Waals surface area contributed by atoms with Gasteiger partial charge in [-0.05, 0) is 41.5 Å². The number of carbonyl (C=O) groups is 1. The number of amides is 1. The monoisotopic (exact) mass is 402 g/mol. The molecule has 1 aliphatic rings. The van der Waals surface area contributed by atoms with Crippen molar-refractivity contribution in [2.75, 3.05) is 7.11 Å². The summed E-state index contributed by atoms with van der Waals surface area (Å²) in [5, 5.41) is 13.3. The van der Waals surface area contributed by atoms with Crippen LogP contribution in [0, 0.1) is 10.1 Å². The van der Waals surface area contributed by atoms with Gasteiger partial charge in [-0.15, -0.1) is 0 Å². The van der Waals surface area contributed by atoms with Crippen LogP contribution in [0.5, 0.6) is 11.5 Å². The van der Waals surface area contributed by atoms with Crippen molar-refractivity contribution >= 4 is 46.0 Å². The highest BCUT2D eigenvalue weighted by Crippen LogP contribution is 2.32. The zero-order chi connectivity index (χ0) is 19.4. The Morgan fingerprint density at radius 2 is 1.96 bits per heavy atom. The lowest BCUT2D eigenvalue weighted by molar-refractivity contribution is -0.384. The van der Waals surface area contributed by atoms with Gasteiger partial charge in [-0.25, -0.2) is 0 Å². The van der Waals surface area contributed by atoms with Gasteiger partial charge in [0.2, 0.25) is 0 Å². The molecule has 9 heteroatoms. The van der Waals surface area contributed by atoms with Crippen molar-refractivity contribution in [1.29, 1.82) is 0 Å². The number of hydrogen-bond donors (Lipinski definition) is 1. The van der Waals surface area contributed by atoms with Gasteiger partial charge >= 0.3 is 0 Å². The molecule has 0 atom stereocenters. The summed E-state index contributed by atoms with van der Waals surface area (Å²) in [6, 6.07) is 11.4. The molecule has 7 nitrogen and oxygen atoms in total. The van der Waals surface area contributed by atoms with Crippen molar-refractivity contribution in [3.63, 3.8) is 0 Å². The maximum atomic E-state index is 11.8. The summed E-state index contributed by atoms with van der Waals surface area (Å²) in [7, 11) is 1.52.